The zero-order valence-corrected chi connectivity index (χ0v) is 20.4. The van der Waals surface area contributed by atoms with Crippen molar-refractivity contribution in [3.8, 4) is 0 Å². The van der Waals surface area contributed by atoms with Crippen LogP contribution in [0.4, 0.5) is 0 Å². The fourth-order valence-electron chi connectivity index (χ4n) is 4.45. The summed E-state index contributed by atoms with van der Waals surface area (Å²) < 4.78 is 25.9. The monoisotopic (exact) mass is 496 g/mol. The zero-order valence-electron chi connectivity index (χ0n) is 19.6. The van der Waals surface area contributed by atoms with Crippen molar-refractivity contribution in [3.05, 3.63) is 29.8 Å². The third-order valence-electron chi connectivity index (χ3n) is 6.71. The summed E-state index contributed by atoms with van der Waals surface area (Å²) in [5.74, 6) is -1.48. The average Bonchev–Trinajstić information content (AvgIpc) is 3.25. The number of nitrogens with two attached hydrogens (primary N) is 1. The molecule has 6 N–H and O–H groups in total. The number of carbonyl (C=O) groups is 2. The number of sulfone groups is 1. The molecule has 34 heavy (non-hydrogen) atoms. The normalized spacial score (nSPS) is 23.4. The Kier molecular flexibility index (Phi) is 9.05. The number of amides is 1. The summed E-state index contributed by atoms with van der Waals surface area (Å²) in [5.41, 5.74) is 9.64. The van der Waals surface area contributed by atoms with Crippen LogP contribution in [0.2, 0.25) is 0 Å². The molecule has 2 aliphatic rings. The van der Waals surface area contributed by atoms with E-state index in [4.69, 9.17) is 10.6 Å². The van der Waals surface area contributed by atoms with Crippen LogP contribution in [-0.2, 0) is 24.3 Å². The first kappa shape index (κ1) is 26.6. The van der Waals surface area contributed by atoms with Gasteiger partial charge in [0.25, 0.3) is 0 Å². The molecule has 1 aromatic rings. The smallest absolute Gasteiger partial charge is 0.341 e. The highest BCUT2D eigenvalue weighted by Crippen LogP contribution is 2.24. The van der Waals surface area contributed by atoms with Crippen molar-refractivity contribution >= 4 is 21.7 Å². The highest BCUT2D eigenvalue weighted by atomic mass is 32.2. The second kappa shape index (κ2) is 11.6. The fraction of sp³-hybridized carbons (Fsp3) is 0.652. The second-order valence-corrected chi connectivity index (χ2v) is 11.6. The molecule has 190 valence electrons. The highest BCUT2D eigenvalue weighted by molar-refractivity contribution is 7.93. The van der Waals surface area contributed by atoms with Crippen LogP contribution in [0.15, 0.2) is 29.2 Å². The van der Waals surface area contributed by atoms with Crippen LogP contribution in [0, 0.1) is 12.8 Å². The van der Waals surface area contributed by atoms with E-state index in [1.807, 2.05) is 0 Å². The second-order valence-electron chi connectivity index (χ2n) is 9.41. The minimum absolute atomic E-state index is 0.0158. The van der Waals surface area contributed by atoms with Crippen LogP contribution in [0.3, 0.4) is 0 Å². The molecule has 2 aliphatic heterocycles. The van der Waals surface area contributed by atoms with Gasteiger partial charge >= 0.3 is 5.97 Å². The number of carboxylic acids is 1. The van der Waals surface area contributed by atoms with Gasteiger partial charge in [-0.1, -0.05) is 30.5 Å². The summed E-state index contributed by atoms with van der Waals surface area (Å²) >= 11 is 0. The Morgan fingerprint density at radius 2 is 1.88 bits per heavy atom. The lowest BCUT2D eigenvalue weighted by Crippen LogP contribution is -2.61. The molecule has 3 rings (SSSR count). The van der Waals surface area contributed by atoms with Crippen LogP contribution < -0.4 is 21.8 Å². The molecule has 1 aromatic carbocycles. The third kappa shape index (κ3) is 6.54. The fourth-order valence-corrected chi connectivity index (χ4v) is 5.86. The molecule has 0 unspecified atom stereocenters. The molecule has 1 amide bonds. The number of rotatable bonds is 11. The molecule has 0 aromatic heterocycles. The maximum absolute atomic E-state index is 12.9. The average molecular weight is 497 g/mol. The van der Waals surface area contributed by atoms with Gasteiger partial charge in [-0.3, -0.25) is 9.63 Å². The van der Waals surface area contributed by atoms with E-state index < -0.39 is 33.1 Å². The first-order chi connectivity index (χ1) is 16.1. The number of hydroxylamine groups is 1. The van der Waals surface area contributed by atoms with Gasteiger partial charge in [-0.15, -0.1) is 0 Å². The van der Waals surface area contributed by atoms with Crippen molar-refractivity contribution in [2.75, 3.05) is 19.6 Å². The summed E-state index contributed by atoms with van der Waals surface area (Å²) in [6.07, 6.45) is 5.96. The van der Waals surface area contributed by atoms with Crippen molar-refractivity contribution in [3.63, 3.8) is 0 Å². The van der Waals surface area contributed by atoms with Gasteiger partial charge < -0.3 is 21.5 Å². The van der Waals surface area contributed by atoms with Gasteiger partial charge in [-0.25, -0.2) is 13.2 Å². The summed E-state index contributed by atoms with van der Waals surface area (Å²) in [4.78, 5) is 26.9. The highest BCUT2D eigenvalue weighted by Gasteiger charge is 2.49. The molecule has 3 atom stereocenters. The Bertz CT molecular complexity index is 949. The van der Waals surface area contributed by atoms with E-state index in [-0.39, 0.29) is 23.5 Å². The molecular formula is C23H36N4O6S. The van der Waals surface area contributed by atoms with Crippen molar-refractivity contribution in [1.82, 2.24) is 16.1 Å². The van der Waals surface area contributed by atoms with Gasteiger partial charge in [0.05, 0.1) is 24.0 Å². The number of benzene rings is 1. The molecule has 11 heteroatoms. The Balaban J connectivity index is 1.47. The minimum atomic E-state index is -4.45. The van der Waals surface area contributed by atoms with E-state index in [9.17, 15) is 23.1 Å². The molecule has 10 nitrogen and oxygen atoms in total. The minimum Gasteiger partial charge on any atom is -0.479 e. The Hall–Kier alpha value is -2.05. The van der Waals surface area contributed by atoms with Crippen LogP contribution >= 0.6 is 0 Å². The summed E-state index contributed by atoms with van der Waals surface area (Å²) in [7, 11) is -4.45. The third-order valence-corrected chi connectivity index (χ3v) is 8.88. The van der Waals surface area contributed by atoms with Crippen LogP contribution in [0.1, 0.15) is 50.5 Å². The Morgan fingerprint density at radius 1 is 1.21 bits per heavy atom. The van der Waals surface area contributed by atoms with Gasteiger partial charge in [-0.2, -0.15) is 5.48 Å². The lowest BCUT2D eigenvalue weighted by atomic mass is 9.91. The number of aryl methyl sites for hydroxylation is 1. The van der Waals surface area contributed by atoms with E-state index in [0.717, 1.165) is 37.4 Å². The molecule has 2 saturated heterocycles. The molecular weight excluding hydrogens is 460 g/mol. The van der Waals surface area contributed by atoms with E-state index in [2.05, 4.69) is 16.1 Å². The predicted molar refractivity (Wildman–Crippen MR) is 126 cm³/mol. The molecule has 0 saturated carbocycles. The van der Waals surface area contributed by atoms with Crippen molar-refractivity contribution in [2.45, 2.75) is 73.8 Å². The number of carboxylic acid groups (broad SMARTS) is 1. The van der Waals surface area contributed by atoms with Crippen molar-refractivity contribution < 1.29 is 28.0 Å². The number of aliphatic carboxylic acids is 1. The first-order valence-electron chi connectivity index (χ1n) is 11.8. The van der Waals surface area contributed by atoms with Gasteiger partial charge in [0.2, 0.25) is 20.6 Å². The number of hydrogen-bond donors (Lipinski definition) is 5. The predicted octanol–water partition coefficient (Wildman–Crippen LogP) is 0.847. The quantitative estimate of drug-likeness (QED) is 0.299. The van der Waals surface area contributed by atoms with E-state index in [1.165, 1.54) is 31.4 Å². The van der Waals surface area contributed by atoms with Gasteiger partial charge in [-0.05, 0) is 63.7 Å². The van der Waals surface area contributed by atoms with Gasteiger partial charge in [0, 0.05) is 6.04 Å². The maximum atomic E-state index is 12.9. The zero-order chi connectivity index (χ0) is 24.8. The summed E-state index contributed by atoms with van der Waals surface area (Å²) in [6, 6.07) is 5.89. The summed E-state index contributed by atoms with van der Waals surface area (Å²) in [5, 5.41) is 15.4. The van der Waals surface area contributed by atoms with E-state index >= 15 is 0 Å². The molecule has 0 radical (unpaired) electrons. The van der Waals surface area contributed by atoms with Crippen LogP contribution in [0.5, 0.6) is 0 Å². The summed E-state index contributed by atoms with van der Waals surface area (Å²) in [6.45, 7) is 3.20. The number of nitrogens with one attached hydrogen (secondary N) is 3. The van der Waals surface area contributed by atoms with Gasteiger partial charge in [0.1, 0.15) is 0 Å². The van der Waals surface area contributed by atoms with E-state index in [1.54, 1.807) is 19.1 Å². The maximum Gasteiger partial charge on any atom is 0.341 e. The lowest BCUT2D eigenvalue weighted by Gasteiger charge is -2.25. The number of piperidine rings is 1. The Morgan fingerprint density at radius 3 is 2.53 bits per heavy atom. The molecule has 0 spiro atoms. The van der Waals surface area contributed by atoms with Crippen LogP contribution in [0.25, 0.3) is 0 Å². The molecule has 2 heterocycles. The Labute approximate surface area is 200 Å². The van der Waals surface area contributed by atoms with E-state index in [0.29, 0.717) is 6.42 Å². The number of hydrogen-bond acceptors (Lipinski definition) is 8. The standard InChI is InChI=1S/C23H36N4O6S/c1-16-5-7-20(8-6-16)34(31,32)23(24,22(29)30)15-26-21(28)14-19-13-18(27-33-19)4-2-3-17-9-11-25-12-10-17/h5-8,17-19,25,27H,2-4,9-15,24H2,1H3,(H,26,28)(H,29,30)/t18-,19+,23-/m0/s1. The lowest BCUT2D eigenvalue weighted by molar-refractivity contribution is -0.140. The molecule has 0 bridgehead atoms. The molecule has 0 aliphatic carbocycles. The molecule has 2 fully saturated rings. The first-order valence-corrected chi connectivity index (χ1v) is 13.3. The largest absolute Gasteiger partial charge is 0.479 e. The van der Waals surface area contributed by atoms with Crippen LogP contribution in [-0.4, -0.2) is 62.1 Å². The topological polar surface area (TPSA) is 160 Å². The van der Waals surface area contributed by atoms with Crippen molar-refractivity contribution in [2.24, 2.45) is 11.7 Å². The van der Waals surface area contributed by atoms with Gasteiger partial charge in [0.15, 0.2) is 0 Å². The number of carbonyl (C=O) groups excluding carboxylic acids is 1. The SMILES string of the molecule is Cc1ccc(S(=O)(=O)[C@@](N)(CNC(=O)C[C@H]2C[C@H](CCCC3CCNCC3)NO2)C(=O)O)cc1. The van der Waals surface area contributed by atoms with Crippen molar-refractivity contribution in [1.29, 1.82) is 0 Å².